The van der Waals surface area contributed by atoms with Gasteiger partial charge in [0.15, 0.2) is 0 Å². The number of amides is 1. The summed E-state index contributed by atoms with van der Waals surface area (Å²) in [6.07, 6.45) is 3.06. The highest BCUT2D eigenvalue weighted by Crippen LogP contribution is 2.01. The van der Waals surface area contributed by atoms with E-state index >= 15 is 0 Å². The number of likely N-dealkylation sites (N-methyl/N-ethyl adjacent to an activating group) is 1. The van der Waals surface area contributed by atoms with Crippen LogP contribution in [0, 0.1) is 0 Å². The molecule has 1 rings (SSSR count). The van der Waals surface area contributed by atoms with Crippen LogP contribution in [-0.4, -0.2) is 23.6 Å². The van der Waals surface area contributed by atoms with Gasteiger partial charge in [-0.1, -0.05) is 6.92 Å². The van der Waals surface area contributed by atoms with Crippen molar-refractivity contribution < 1.29 is 4.79 Å². The van der Waals surface area contributed by atoms with E-state index in [1.807, 2.05) is 29.8 Å². The van der Waals surface area contributed by atoms with Crippen LogP contribution >= 0.6 is 0 Å². The van der Waals surface area contributed by atoms with Crippen molar-refractivity contribution in [3.63, 3.8) is 0 Å². The van der Waals surface area contributed by atoms with Crippen LogP contribution in [0.2, 0.25) is 0 Å². The zero-order chi connectivity index (χ0) is 11.8. The Bertz CT molecular complexity index is 320. The van der Waals surface area contributed by atoms with Gasteiger partial charge in [0, 0.05) is 25.0 Å². The summed E-state index contributed by atoms with van der Waals surface area (Å²) < 4.78 is 1.98. The molecule has 16 heavy (non-hydrogen) atoms. The molecule has 1 heterocycles. The Labute approximate surface area is 97.0 Å². The summed E-state index contributed by atoms with van der Waals surface area (Å²) in [7, 11) is 0. The molecule has 1 amide bonds. The van der Waals surface area contributed by atoms with Gasteiger partial charge in [-0.25, -0.2) is 0 Å². The van der Waals surface area contributed by atoms with Crippen molar-refractivity contribution in [1.82, 2.24) is 15.2 Å². The van der Waals surface area contributed by atoms with Crippen molar-refractivity contribution in [3.8, 4) is 0 Å². The third kappa shape index (κ3) is 4.06. The lowest BCUT2D eigenvalue weighted by Gasteiger charge is -2.09. The monoisotopic (exact) mass is 223 g/mol. The molecule has 4 nitrogen and oxygen atoms in total. The molecule has 0 saturated carbocycles. The van der Waals surface area contributed by atoms with E-state index in [2.05, 4.69) is 17.6 Å². The lowest BCUT2D eigenvalue weighted by molar-refractivity contribution is -0.121. The van der Waals surface area contributed by atoms with Gasteiger partial charge in [-0.2, -0.15) is 0 Å². The van der Waals surface area contributed by atoms with Gasteiger partial charge in [-0.05, 0) is 32.0 Å². The van der Waals surface area contributed by atoms with E-state index in [-0.39, 0.29) is 5.91 Å². The lowest BCUT2D eigenvalue weighted by atomic mass is 10.4. The Morgan fingerprint density at radius 2 is 2.25 bits per heavy atom. The first-order chi connectivity index (χ1) is 7.77. The Hall–Kier alpha value is -1.29. The Morgan fingerprint density at radius 3 is 2.94 bits per heavy atom. The van der Waals surface area contributed by atoms with Gasteiger partial charge in [0.1, 0.15) is 6.54 Å². The normalized spacial score (nSPS) is 10.4. The van der Waals surface area contributed by atoms with Crippen LogP contribution in [0.25, 0.3) is 0 Å². The Kier molecular flexibility index (Phi) is 5.64. The molecular weight excluding hydrogens is 202 g/mol. The van der Waals surface area contributed by atoms with E-state index in [0.29, 0.717) is 13.1 Å². The molecule has 0 aliphatic carbocycles. The van der Waals surface area contributed by atoms with E-state index < -0.39 is 0 Å². The fourth-order valence-electron chi connectivity index (χ4n) is 1.57. The van der Waals surface area contributed by atoms with Crippen LogP contribution in [0.3, 0.4) is 0 Å². The van der Waals surface area contributed by atoms with Crippen LogP contribution in [0.4, 0.5) is 0 Å². The van der Waals surface area contributed by atoms with Crippen LogP contribution in [0.15, 0.2) is 18.3 Å². The van der Waals surface area contributed by atoms with E-state index in [0.717, 1.165) is 25.2 Å². The molecule has 0 aliphatic heterocycles. The minimum atomic E-state index is 0.0652. The molecule has 0 saturated heterocycles. The highest BCUT2D eigenvalue weighted by molar-refractivity contribution is 5.75. The third-order valence-electron chi connectivity index (χ3n) is 2.34. The molecule has 4 heteroatoms. The number of rotatable bonds is 7. The highest BCUT2D eigenvalue weighted by Gasteiger charge is 2.04. The Morgan fingerprint density at radius 1 is 1.44 bits per heavy atom. The van der Waals surface area contributed by atoms with E-state index in [4.69, 9.17) is 0 Å². The summed E-state index contributed by atoms with van der Waals surface area (Å²) in [5, 5.41) is 6.13. The average molecular weight is 223 g/mol. The van der Waals surface area contributed by atoms with Crippen LogP contribution in [0.1, 0.15) is 26.0 Å². The Balaban J connectivity index is 2.46. The maximum atomic E-state index is 11.4. The fraction of sp³-hybridized carbons (Fsp3) is 0.583. The van der Waals surface area contributed by atoms with Crippen molar-refractivity contribution in [2.24, 2.45) is 0 Å². The highest BCUT2D eigenvalue weighted by atomic mass is 16.1. The number of aromatic nitrogens is 1. The molecule has 0 radical (unpaired) electrons. The fourth-order valence-corrected chi connectivity index (χ4v) is 1.57. The van der Waals surface area contributed by atoms with Gasteiger partial charge < -0.3 is 15.2 Å². The SMILES string of the molecule is CCCNCc1cccn1CC(=O)NCC. The zero-order valence-corrected chi connectivity index (χ0v) is 10.1. The second kappa shape index (κ2) is 7.06. The van der Waals surface area contributed by atoms with E-state index in [1.54, 1.807) is 0 Å². The van der Waals surface area contributed by atoms with Gasteiger partial charge in [-0.3, -0.25) is 4.79 Å². The molecule has 0 fully saturated rings. The topological polar surface area (TPSA) is 46.1 Å². The quantitative estimate of drug-likeness (QED) is 0.681. The molecule has 0 bridgehead atoms. The molecule has 2 N–H and O–H groups in total. The molecular formula is C12H21N3O. The first-order valence-electron chi connectivity index (χ1n) is 5.89. The summed E-state index contributed by atoms with van der Waals surface area (Å²) in [4.78, 5) is 11.4. The van der Waals surface area contributed by atoms with E-state index in [1.165, 1.54) is 0 Å². The second-order valence-electron chi connectivity index (χ2n) is 3.76. The summed E-state index contributed by atoms with van der Waals surface area (Å²) in [6, 6.07) is 4.02. The smallest absolute Gasteiger partial charge is 0.239 e. The molecule has 0 aromatic carbocycles. The van der Waals surface area contributed by atoms with Gasteiger partial charge >= 0.3 is 0 Å². The van der Waals surface area contributed by atoms with Crippen molar-refractivity contribution in [3.05, 3.63) is 24.0 Å². The number of nitrogens with one attached hydrogen (secondary N) is 2. The summed E-state index contributed by atoms with van der Waals surface area (Å²) in [5.41, 5.74) is 1.15. The number of carbonyl (C=O) groups excluding carboxylic acids is 1. The second-order valence-corrected chi connectivity index (χ2v) is 3.76. The predicted octanol–water partition coefficient (Wildman–Crippen LogP) is 1.12. The average Bonchev–Trinajstić information content (AvgIpc) is 2.66. The molecule has 0 aliphatic rings. The molecule has 0 spiro atoms. The van der Waals surface area contributed by atoms with Crippen molar-refractivity contribution >= 4 is 5.91 Å². The maximum absolute atomic E-state index is 11.4. The van der Waals surface area contributed by atoms with Crippen LogP contribution in [-0.2, 0) is 17.9 Å². The predicted molar refractivity (Wildman–Crippen MR) is 65.1 cm³/mol. The minimum absolute atomic E-state index is 0.0652. The van der Waals surface area contributed by atoms with Gasteiger partial charge in [-0.15, -0.1) is 0 Å². The van der Waals surface area contributed by atoms with Crippen molar-refractivity contribution in [1.29, 1.82) is 0 Å². The summed E-state index contributed by atoms with van der Waals surface area (Å²) >= 11 is 0. The van der Waals surface area contributed by atoms with Crippen LogP contribution < -0.4 is 10.6 Å². The molecule has 0 atom stereocenters. The standard InChI is InChI=1S/C12H21N3O/c1-3-7-13-9-11-6-5-8-15(11)10-12(16)14-4-2/h5-6,8,13H,3-4,7,9-10H2,1-2H3,(H,14,16). The minimum Gasteiger partial charge on any atom is -0.355 e. The van der Waals surface area contributed by atoms with E-state index in [9.17, 15) is 4.79 Å². The lowest BCUT2D eigenvalue weighted by Crippen LogP contribution is -2.28. The first-order valence-corrected chi connectivity index (χ1v) is 5.89. The van der Waals surface area contributed by atoms with Crippen molar-refractivity contribution in [2.75, 3.05) is 13.1 Å². The molecule has 1 aromatic heterocycles. The number of carbonyl (C=O) groups is 1. The van der Waals surface area contributed by atoms with Gasteiger partial charge in [0.25, 0.3) is 0 Å². The van der Waals surface area contributed by atoms with Gasteiger partial charge in [0.2, 0.25) is 5.91 Å². The first kappa shape index (κ1) is 12.8. The number of nitrogens with zero attached hydrogens (tertiary/aromatic N) is 1. The largest absolute Gasteiger partial charge is 0.355 e. The molecule has 90 valence electrons. The molecule has 0 unspecified atom stereocenters. The third-order valence-corrected chi connectivity index (χ3v) is 2.34. The number of hydrogen-bond acceptors (Lipinski definition) is 2. The van der Waals surface area contributed by atoms with Gasteiger partial charge in [0.05, 0.1) is 0 Å². The maximum Gasteiger partial charge on any atom is 0.239 e. The molecule has 1 aromatic rings. The summed E-state index contributed by atoms with van der Waals surface area (Å²) in [5.74, 6) is 0.0652. The van der Waals surface area contributed by atoms with Crippen LogP contribution in [0.5, 0.6) is 0 Å². The summed E-state index contributed by atoms with van der Waals surface area (Å²) in [6.45, 7) is 6.98. The van der Waals surface area contributed by atoms with Crippen molar-refractivity contribution in [2.45, 2.75) is 33.4 Å². The number of hydrogen-bond donors (Lipinski definition) is 2. The zero-order valence-electron chi connectivity index (χ0n) is 10.1.